The van der Waals surface area contributed by atoms with Crippen LogP contribution in [0.1, 0.15) is 0 Å². The summed E-state index contributed by atoms with van der Waals surface area (Å²) in [6, 6.07) is 34.7. The zero-order chi connectivity index (χ0) is 20.8. The Hall–Kier alpha value is -4.30. The fourth-order valence-corrected chi connectivity index (χ4v) is 5.54. The first-order valence-electron chi connectivity index (χ1n) is 10.9. The largest absolute Gasteiger partial charge is 0.456 e. The zero-order valence-electron chi connectivity index (χ0n) is 17.2. The van der Waals surface area contributed by atoms with Crippen molar-refractivity contribution in [3.63, 3.8) is 0 Å². The van der Waals surface area contributed by atoms with E-state index in [1.165, 1.54) is 48.7 Å². The number of hydrogen-bond donors (Lipinski definition) is 0. The maximum Gasteiger partial charge on any atom is 0.136 e. The number of furan rings is 1. The highest BCUT2D eigenvalue weighted by molar-refractivity contribution is 6.28. The minimum absolute atomic E-state index is 0.931. The number of hydrogen-bond acceptors (Lipinski definition) is 1. The van der Waals surface area contributed by atoms with Gasteiger partial charge in [0, 0.05) is 43.9 Å². The zero-order valence-corrected chi connectivity index (χ0v) is 17.2. The first kappa shape index (κ1) is 16.4. The molecule has 32 heavy (non-hydrogen) atoms. The third-order valence-corrected chi connectivity index (χ3v) is 6.93. The van der Waals surface area contributed by atoms with E-state index in [4.69, 9.17) is 4.42 Å². The Balaban J connectivity index is 1.75. The molecule has 3 aromatic heterocycles. The van der Waals surface area contributed by atoms with Crippen LogP contribution in [-0.4, -0.2) is 4.40 Å². The molecular formula is C30H17NO. The maximum absolute atomic E-state index is 6.28. The van der Waals surface area contributed by atoms with Crippen LogP contribution in [0, 0.1) is 0 Å². The lowest BCUT2D eigenvalue weighted by molar-refractivity contribution is 0.669. The van der Waals surface area contributed by atoms with Crippen LogP contribution in [-0.2, 0) is 0 Å². The Morgan fingerprint density at radius 2 is 1.25 bits per heavy atom. The minimum Gasteiger partial charge on any atom is -0.456 e. The average Bonchev–Trinajstić information content (AvgIpc) is 3.41. The summed E-state index contributed by atoms with van der Waals surface area (Å²) in [5.74, 6) is 0. The fourth-order valence-electron chi connectivity index (χ4n) is 5.54. The molecule has 0 amide bonds. The van der Waals surface area contributed by atoms with Crippen LogP contribution in [0.2, 0.25) is 0 Å². The van der Waals surface area contributed by atoms with Crippen molar-refractivity contribution < 1.29 is 4.42 Å². The van der Waals surface area contributed by atoms with Crippen molar-refractivity contribution >= 4 is 70.7 Å². The van der Waals surface area contributed by atoms with Gasteiger partial charge in [-0.3, -0.25) is 0 Å². The Bertz CT molecular complexity index is 2040. The van der Waals surface area contributed by atoms with Crippen molar-refractivity contribution in [2.24, 2.45) is 0 Å². The van der Waals surface area contributed by atoms with Gasteiger partial charge in [0.05, 0.1) is 11.0 Å². The predicted molar refractivity (Wildman–Crippen MR) is 135 cm³/mol. The fraction of sp³-hybridized carbons (Fsp3) is 0. The third-order valence-electron chi connectivity index (χ3n) is 6.93. The lowest BCUT2D eigenvalue weighted by Crippen LogP contribution is -1.91. The SMILES string of the molecule is c1ccc2c(c1)ccc1c2c2cc3oc4ccccc4c3cc2n2cc3ccccc3c12. The van der Waals surface area contributed by atoms with Crippen molar-refractivity contribution in [2.45, 2.75) is 0 Å². The van der Waals surface area contributed by atoms with Crippen molar-refractivity contribution in [3.8, 4) is 0 Å². The van der Waals surface area contributed by atoms with Gasteiger partial charge in [-0.2, -0.15) is 0 Å². The molecule has 3 heterocycles. The second kappa shape index (κ2) is 5.68. The number of pyridine rings is 1. The highest BCUT2D eigenvalue weighted by Crippen LogP contribution is 2.41. The van der Waals surface area contributed by atoms with Gasteiger partial charge in [-0.05, 0) is 29.0 Å². The molecule has 148 valence electrons. The van der Waals surface area contributed by atoms with E-state index in [9.17, 15) is 0 Å². The number of fused-ring (bicyclic) bond motifs is 13. The quantitative estimate of drug-likeness (QED) is 0.231. The second-order valence-corrected chi connectivity index (χ2v) is 8.61. The van der Waals surface area contributed by atoms with Crippen molar-refractivity contribution in [1.82, 2.24) is 4.40 Å². The van der Waals surface area contributed by atoms with Crippen LogP contribution in [0.15, 0.2) is 108 Å². The Kier molecular flexibility index (Phi) is 2.91. The molecule has 0 saturated heterocycles. The van der Waals surface area contributed by atoms with Gasteiger partial charge in [0.15, 0.2) is 0 Å². The van der Waals surface area contributed by atoms with Crippen molar-refractivity contribution in [1.29, 1.82) is 0 Å². The van der Waals surface area contributed by atoms with E-state index in [1.54, 1.807) is 0 Å². The van der Waals surface area contributed by atoms with Crippen LogP contribution >= 0.6 is 0 Å². The maximum atomic E-state index is 6.28. The standard InChI is InChI=1S/C30H17NO/c1-3-9-20-18(7-1)13-14-23-29(20)25-16-28-24(22-11-5-6-12-27(22)32-28)15-26(25)31-17-19-8-2-4-10-21(19)30(23)31/h1-17H. The Morgan fingerprint density at radius 1 is 0.500 bits per heavy atom. The van der Waals surface area contributed by atoms with E-state index >= 15 is 0 Å². The molecule has 8 aromatic rings. The highest BCUT2D eigenvalue weighted by atomic mass is 16.3. The first-order valence-corrected chi connectivity index (χ1v) is 10.9. The molecule has 2 heteroatoms. The van der Waals surface area contributed by atoms with E-state index in [0.29, 0.717) is 0 Å². The van der Waals surface area contributed by atoms with Crippen LogP contribution in [0.4, 0.5) is 0 Å². The molecule has 0 radical (unpaired) electrons. The van der Waals surface area contributed by atoms with E-state index in [1.807, 2.05) is 12.1 Å². The van der Waals surface area contributed by atoms with Crippen molar-refractivity contribution in [3.05, 3.63) is 103 Å². The lowest BCUT2D eigenvalue weighted by atomic mass is 9.96. The summed E-state index contributed by atoms with van der Waals surface area (Å²) in [6.45, 7) is 0. The molecule has 0 N–H and O–H groups in total. The van der Waals surface area contributed by atoms with Crippen molar-refractivity contribution in [2.75, 3.05) is 0 Å². The smallest absolute Gasteiger partial charge is 0.136 e. The molecule has 2 nitrogen and oxygen atoms in total. The van der Waals surface area contributed by atoms with Gasteiger partial charge in [0.1, 0.15) is 11.2 Å². The molecule has 0 fully saturated rings. The summed E-state index contributed by atoms with van der Waals surface area (Å²) in [7, 11) is 0. The average molecular weight is 407 g/mol. The minimum atomic E-state index is 0.931. The summed E-state index contributed by atoms with van der Waals surface area (Å²) in [6.07, 6.45) is 2.27. The summed E-state index contributed by atoms with van der Waals surface area (Å²) in [5, 5.41) is 11.2. The number of rotatable bonds is 0. The van der Waals surface area contributed by atoms with Gasteiger partial charge < -0.3 is 8.82 Å². The number of aromatic nitrogens is 1. The van der Waals surface area contributed by atoms with Crippen LogP contribution in [0.3, 0.4) is 0 Å². The highest BCUT2D eigenvalue weighted by Gasteiger charge is 2.17. The van der Waals surface area contributed by atoms with Gasteiger partial charge in [0.25, 0.3) is 0 Å². The van der Waals surface area contributed by atoms with Gasteiger partial charge >= 0.3 is 0 Å². The number of nitrogens with zero attached hydrogens (tertiary/aromatic N) is 1. The molecule has 0 bridgehead atoms. The van der Waals surface area contributed by atoms with Gasteiger partial charge in [-0.1, -0.05) is 78.9 Å². The second-order valence-electron chi connectivity index (χ2n) is 8.61. The summed E-state index contributed by atoms with van der Waals surface area (Å²) >= 11 is 0. The first-order chi connectivity index (χ1) is 15.9. The molecular weight excluding hydrogens is 390 g/mol. The van der Waals surface area contributed by atoms with Crippen LogP contribution in [0.5, 0.6) is 0 Å². The molecule has 0 saturated carbocycles. The van der Waals surface area contributed by atoms with E-state index in [2.05, 4.69) is 95.5 Å². The summed E-state index contributed by atoms with van der Waals surface area (Å²) in [4.78, 5) is 0. The van der Waals surface area contributed by atoms with Gasteiger partial charge in [0.2, 0.25) is 0 Å². The third kappa shape index (κ3) is 1.95. The predicted octanol–water partition coefficient (Wildman–Crippen LogP) is 8.45. The lowest BCUT2D eigenvalue weighted by Gasteiger charge is -2.12. The molecule has 0 spiro atoms. The van der Waals surface area contributed by atoms with Gasteiger partial charge in [-0.25, -0.2) is 0 Å². The Labute approximate surface area is 182 Å². The monoisotopic (exact) mass is 407 g/mol. The molecule has 8 rings (SSSR count). The van der Waals surface area contributed by atoms with Crippen LogP contribution in [0.25, 0.3) is 70.7 Å². The van der Waals surface area contributed by atoms with E-state index in [0.717, 1.165) is 21.9 Å². The molecule has 0 aliphatic carbocycles. The topological polar surface area (TPSA) is 17.6 Å². The van der Waals surface area contributed by atoms with Crippen LogP contribution < -0.4 is 0 Å². The molecule has 0 aliphatic heterocycles. The van der Waals surface area contributed by atoms with Gasteiger partial charge in [-0.15, -0.1) is 0 Å². The molecule has 0 unspecified atom stereocenters. The summed E-state index contributed by atoms with van der Waals surface area (Å²) < 4.78 is 8.66. The molecule has 5 aromatic carbocycles. The normalized spacial score (nSPS) is 12.4. The summed E-state index contributed by atoms with van der Waals surface area (Å²) in [5.41, 5.74) is 4.34. The number of benzene rings is 5. The van der Waals surface area contributed by atoms with E-state index < -0.39 is 0 Å². The molecule has 0 atom stereocenters. The molecule has 0 aliphatic rings. The number of para-hydroxylation sites is 1. The Morgan fingerprint density at radius 3 is 2.16 bits per heavy atom. The van der Waals surface area contributed by atoms with E-state index in [-0.39, 0.29) is 0 Å².